The third-order valence-corrected chi connectivity index (χ3v) is 8.31. The van der Waals surface area contributed by atoms with Crippen molar-refractivity contribution >= 4 is 29.4 Å². The maximum atomic E-state index is 14.4. The van der Waals surface area contributed by atoms with Crippen LogP contribution in [0, 0.1) is 6.92 Å². The van der Waals surface area contributed by atoms with Crippen molar-refractivity contribution in [3.63, 3.8) is 0 Å². The predicted octanol–water partition coefficient (Wildman–Crippen LogP) is 4.03. The third kappa shape index (κ3) is 4.30. The van der Waals surface area contributed by atoms with Gasteiger partial charge in [-0.3, -0.25) is 4.79 Å². The summed E-state index contributed by atoms with van der Waals surface area (Å²) in [5, 5.41) is 23.9. The molecule has 2 N–H and O–H groups in total. The molecule has 0 bridgehead atoms. The molecule has 0 amide bonds. The van der Waals surface area contributed by atoms with Crippen LogP contribution in [0.5, 0.6) is 0 Å². The highest BCUT2D eigenvalue weighted by Gasteiger charge is 2.42. The highest BCUT2D eigenvalue weighted by molar-refractivity contribution is 7.80. The monoisotopic (exact) mass is 407 g/mol. The number of nitrogens with zero attached hydrogens (tertiary/aromatic N) is 1. The minimum absolute atomic E-state index is 0.171. The Kier molecular flexibility index (Phi) is 6.30. The molecular formula is C23H22NO4P. The molecule has 3 rings (SSSR count). The molecule has 0 saturated heterocycles. The van der Waals surface area contributed by atoms with E-state index in [0.717, 1.165) is 5.56 Å². The van der Waals surface area contributed by atoms with Gasteiger partial charge in [0.05, 0.1) is 5.71 Å². The summed E-state index contributed by atoms with van der Waals surface area (Å²) in [5.41, 5.74) is 0.529. The number of rotatable bonds is 7. The Hall–Kier alpha value is -3.17. The number of carboxylic acid groups (broad SMARTS) is 1. The summed E-state index contributed by atoms with van der Waals surface area (Å²) in [5.74, 6) is -1.20. The van der Waals surface area contributed by atoms with Gasteiger partial charge < -0.3 is 14.9 Å². The van der Waals surface area contributed by atoms with Gasteiger partial charge in [-0.15, -0.1) is 0 Å². The number of carboxylic acids is 1. The van der Waals surface area contributed by atoms with Crippen molar-refractivity contribution in [3.8, 4) is 0 Å². The molecule has 0 fully saturated rings. The van der Waals surface area contributed by atoms with E-state index in [9.17, 15) is 19.7 Å². The molecule has 1 atom stereocenters. The van der Waals surface area contributed by atoms with E-state index < -0.39 is 18.8 Å². The van der Waals surface area contributed by atoms with Gasteiger partial charge in [-0.25, -0.2) is 0 Å². The van der Waals surface area contributed by atoms with Crippen LogP contribution in [0.15, 0.2) is 90.1 Å². The fourth-order valence-corrected chi connectivity index (χ4v) is 6.31. The van der Waals surface area contributed by atoms with Gasteiger partial charge in [-0.05, 0) is 12.5 Å². The van der Waals surface area contributed by atoms with Crippen LogP contribution in [0.25, 0.3) is 0 Å². The minimum atomic E-state index is -3.58. The first-order valence-electron chi connectivity index (χ1n) is 9.18. The largest absolute Gasteiger partial charge is 0.481 e. The summed E-state index contributed by atoms with van der Waals surface area (Å²) in [6, 6.07) is 24.5. The van der Waals surface area contributed by atoms with Crippen LogP contribution in [-0.2, 0) is 9.36 Å². The fraction of sp³-hybridized carbons (Fsp3) is 0.130. The Morgan fingerprint density at radius 3 is 1.79 bits per heavy atom. The highest BCUT2D eigenvalue weighted by Crippen LogP contribution is 2.50. The second-order valence-corrected chi connectivity index (χ2v) is 9.77. The van der Waals surface area contributed by atoms with E-state index in [1.54, 1.807) is 72.8 Å². The van der Waals surface area contributed by atoms with Crippen molar-refractivity contribution in [1.82, 2.24) is 0 Å². The Bertz CT molecular complexity index is 1000. The lowest BCUT2D eigenvalue weighted by Crippen LogP contribution is -2.33. The van der Waals surface area contributed by atoms with Crippen molar-refractivity contribution in [2.24, 2.45) is 5.16 Å². The molecule has 5 nitrogen and oxygen atoms in total. The van der Waals surface area contributed by atoms with Crippen LogP contribution in [0.3, 0.4) is 0 Å². The first-order chi connectivity index (χ1) is 14.0. The molecule has 1 unspecified atom stereocenters. The standard InChI is InChI=1S/C23H22NO4P/c1-17-12-14-18(15-13-17)21(24-27)16-22(23(25)26)29(28,19-8-4-2-5-9-19)20-10-6-3-7-11-20/h2-15,22,27H,16H2,1H3,(H,25,26). The fourth-order valence-electron chi connectivity index (χ4n) is 3.32. The van der Waals surface area contributed by atoms with Crippen molar-refractivity contribution < 1.29 is 19.7 Å². The molecule has 0 saturated carbocycles. The third-order valence-electron chi connectivity index (χ3n) is 4.90. The normalized spacial score (nSPS) is 13.1. The maximum Gasteiger partial charge on any atom is 0.315 e. The maximum absolute atomic E-state index is 14.4. The highest BCUT2D eigenvalue weighted by atomic mass is 31.2. The zero-order valence-corrected chi connectivity index (χ0v) is 16.9. The molecule has 0 aliphatic rings. The van der Waals surface area contributed by atoms with Crippen molar-refractivity contribution in [3.05, 3.63) is 96.1 Å². The molecule has 3 aromatic rings. The molecule has 148 valence electrons. The topological polar surface area (TPSA) is 87.0 Å². The number of hydrogen-bond donors (Lipinski definition) is 2. The number of aryl methyl sites for hydroxylation is 1. The van der Waals surface area contributed by atoms with Crippen molar-refractivity contribution in [2.45, 2.75) is 19.0 Å². The van der Waals surface area contributed by atoms with Gasteiger partial charge in [0.15, 0.2) is 7.14 Å². The molecule has 0 radical (unpaired) electrons. The number of benzene rings is 3. The molecule has 0 spiro atoms. The van der Waals surface area contributed by atoms with Crippen LogP contribution in [-0.4, -0.2) is 27.7 Å². The Labute approximate surface area is 169 Å². The molecule has 0 heterocycles. The molecule has 6 heteroatoms. The summed E-state index contributed by atoms with van der Waals surface area (Å²) >= 11 is 0. The lowest BCUT2D eigenvalue weighted by molar-refractivity contribution is -0.136. The van der Waals surface area contributed by atoms with E-state index >= 15 is 0 Å². The van der Waals surface area contributed by atoms with Gasteiger partial charge >= 0.3 is 5.97 Å². The zero-order chi connectivity index (χ0) is 20.9. The average Bonchev–Trinajstić information content (AvgIpc) is 2.76. The van der Waals surface area contributed by atoms with Crippen LogP contribution < -0.4 is 10.6 Å². The van der Waals surface area contributed by atoms with Crippen molar-refractivity contribution in [2.75, 3.05) is 0 Å². The van der Waals surface area contributed by atoms with Crippen molar-refractivity contribution in [1.29, 1.82) is 0 Å². The van der Waals surface area contributed by atoms with Gasteiger partial charge in [0.25, 0.3) is 0 Å². The van der Waals surface area contributed by atoms with E-state index in [0.29, 0.717) is 16.2 Å². The SMILES string of the molecule is Cc1ccc(C(CC(C(=O)O)P(=O)(c2ccccc2)c2ccccc2)=NO)cc1. The summed E-state index contributed by atoms with van der Waals surface area (Å²) in [6.45, 7) is 1.93. The summed E-state index contributed by atoms with van der Waals surface area (Å²) in [6.07, 6.45) is -0.171. The van der Waals surface area contributed by atoms with Gasteiger partial charge in [-0.1, -0.05) is 95.6 Å². The van der Waals surface area contributed by atoms with Crippen LogP contribution in [0.1, 0.15) is 17.5 Å². The zero-order valence-electron chi connectivity index (χ0n) is 16.0. The summed E-state index contributed by atoms with van der Waals surface area (Å²) in [7, 11) is -3.58. The van der Waals surface area contributed by atoms with Crippen LogP contribution in [0.4, 0.5) is 0 Å². The average molecular weight is 407 g/mol. The van der Waals surface area contributed by atoms with E-state index in [4.69, 9.17) is 0 Å². The molecule has 3 aromatic carbocycles. The van der Waals surface area contributed by atoms with E-state index in [-0.39, 0.29) is 12.1 Å². The summed E-state index contributed by atoms with van der Waals surface area (Å²) in [4.78, 5) is 12.3. The molecular weight excluding hydrogens is 385 g/mol. The number of hydrogen-bond acceptors (Lipinski definition) is 4. The molecule has 0 aliphatic carbocycles. The molecule has 0 aliphatic heterocycles. The molecule has 0 aromatic heterocycles. The Morgan fingerprint density at radius 1 is 0.897 bits per heavy atom. The Morgan fingerprint density at radius 2 is 1.38 bits per heavy atom. The smallest absolute Gasteiger partial charge is 0.315 e. The van der Waals surface area contributed by atoms with Crippen LogP contribution >= 0.6 is 7.14 Å². The first-order valence-corrected chi connectivity index (χ1v) is 11.0. The van der Waals surface area contributed by atoms with Gasteiger partial charge in [0, 0.05) is 17.0 Å². The first kappa shape index (κ1) is 20.6. The lowest BCUT2D eigenvalue weighted by Gasteiger charge is -2.26. The van der Waals surface area contributed by atoms with Gasteiger partial charge in [0.1, 0.15) is 5.66 Å². The molecule has 29 heavy (non-hydrogen) atoms. The van der Waals surface area contributed by atoms with E-state index in [2.05, 4.69) is 5.16 Å². The lowest BCUT2D eigenvalue weighted by atomic mass is 10.0. The predicted molar refractivity (Wildman–Crippen MR) is 115 cm³/mol. The quantitative estimate of drug-likeness (QED) is 0.268. The minimum Gasteiger partial charge on any atom is -0.481 e. The number of carbonyl (C=O) groups is 1. The second-order valence-electron chi connectivity index (χ2n) is 6.80. The van der Waals surface area contributed by atoms with E-state index in [1.165, 1.54) is 0 Å². The van der Waals surface area contributed by atoms with Crippen LogP contribution in [0.2, 0.25) is 0 Å². The number of oxime groups is 1. The van der Waals surface area contributed by atoms with Gasteiger partial charge in [0.2, 0.25) is 0 Å². The van der Waals surface area contributed by atoms with E-state index in [1.807, 2.05) is 19.1 Å². The summed E-state index contributed by atoms with van der Waals surface area (Å²) < 4.78 is 14.4. The Balaban J connectivity index is 2.12. The number of aliphatic carboxylic acids is 1. The van der Waals surface area contributed by atoms with Gasteiger partial charge in [-0.2, -0.15) is 0 Å². The second kappa shape index (κ2) is 8.89.